The highest BCUT2D eigenvalue weighted by molar-refractivity contribution is 7.99. The first-order valence-electron chi connectivity index (χ1n) is 14.2. The number of ether oxygens (including phenoxy) is 1. The van der Waals surface area contributed by atoms with Gasteiger partial charge in [-0.2, -0.15) is 18.2 Å². The molecule has 0 aromatic carbocycles. The molecule has 0 bridgehead atoms. The number of pyridine rings is 1. The zero-order chi connectivity index (χ0) is 31.8. The van der Waals surface area contributed by atoms with Gasteiger partial charge in [-0.15, -0.1) is 0 Å². The van der Waals surface area contributed by atoms with Gasteiger partial charge in [0, 0.05) is 49.9 Å². The summed E-state index contributed by atoms with van der Waals surface area (Å²) in [5, 5.41) is 10.3. The molecule has 0 aliphatic carbocycles. The second-order valence-corrected chi connectivity index (χ2v) is 19.9. The van der Waals surface area contributed by atoms with E-state index in [4.69, 9.17) is 9.72 Å². The number of hydrogen-bond donors (Lipinski definition) is 1. The van der Waals surface area contributed by atoms with E-state index in [1.807, 2.05) is 32.3 Å². The summed E-state index contributed by atoms with van der Waals surface area (Å²) in [6.07, 6.45) is -1.84. The third kappa shape index (κ3) is 7.79. The Morgan fingerprint density at radius 3 is 2.42 bits per heavy atom. The van der Waals surface area contributed by atoms with Crippen LogP contribution in [-0.2, 0) is 17.6 Å². The third-order valence-electron chi connectivity index (χ3n) is 7.41. The van der Waals surface area contributed by atoms with Crippen molar-refractivity contribution >= 4 is 43.2 Å². The number of rotatable bonds is 9. The zero-order valence-electron chi connectivity index (χ0n) is 25.7. The fourth-order valence-corrected chi connectivity index (χ4v) is 6.99. The molecular weight excluding hydrogens is 600 g/mol. The predicted molar refractivity (Wildman–Crippen MR) is 162 cm³/mol. The van der Waals surface area contributed by atoms with Crippen molar-refractivity contribution in [2.45, 2.75) is 100 Å². The molecule has 1 aliphatic rings. The molecule has 1 amide bonds. The lowest BCUT2D eigenvalue weighted by Crippen LogP contribution is -2.61. The van der Waals surface area contributed by atoms with Gasteiger partial charge in [0.2, 0.25) is 11.6 Å². The average Bonchev–Trinajstić information content (AvgIpc) is 3.22. The quantitative estimate of drug-likeness (QED) is 0.199. The molecule has 4 rings (SSSR count). The summed E-state index contributed by atoms with van der Waals surface area (Å²) in [6, 6.07) is 3.78. The number of piperidine rings is 1. The number of anilines is 1. The summed E-state index contributed by atoms with van der Waals surface area (Å²) >= 11 is 0.832. The van der Waals surface area contributed by atoms with Crippen molar-refractivity contribution in [3.63, 3.8) is 0 Å². The third-order valence-corrected chi connectivity index (χ3v) is 10.1. The largest absolute Gasteiger partial charge is 0.465 e. The van der Waals surface area contributed by atoms with Crippen molar-refractivity contribution in [3.8, 4) is 0 Å². The summed E-state index contributed by atoms with van der Waals surface area (Å²) < 4.78 is 48.5. The van der Waals surface area contributed by atoms with E-state index in [1.165, 1.54) is 18.3 Å². The van der Waals surface area contributed by atoms with Gasteiger partial charge in [0.15, 0.2) is 11.3 Å². The maximum atomic E-state index is 13.5. The second-order valence-electron chi connectivity index (χ2n) is 13.3. The first-order chi connectivity index (χ1) is 19.9. The lowest BCUT2D eigenvalue weighted by Gasteiger charge is -2.50. The molecule has 4 heterocycles. The molecule has 1 aliphatic heterocycles. The van der Waals surface area contributed by atoms with Crippen LogP contribution in [0.15, 0.2) is 34.4 Å². The van der Waals surface area contributed by atoms with Gasteiger partial charge in [-0.3, -0.25) is 14.5 Å². The van der Waals surface area contributed by atoms with E-state index >= 15 is 0 Å². The van der Waals surface area contributed by atoms with Crippen LogP contribution in [0.2, 0.25) is 25.7 Å². The molecule has 10 nitrogen and oxygen atoms in total. The SMILES string of the molecule is CC(C)(C)N(C(=O)O)C1(C)CCN(c2nc3nc(Sc4cccnc4C(F)(F)F)cnc3n2COCC[Si](C)(C)C)CC1. The Labute approximate surface area is 255 Å². The van der Waals surface area contributed by atoms with Crippen molar-refractivity contribution in [1.29, 1.82) is 0 Å². The van der Waals surface area contributed by atoms with Crippen molar-refractivity contribution in [3.05, 3.63) is 30.2 Å². The van der Waals surface area contributed by atoms with Gasteiger partial charge in [-0.1, -0.05) is 31.4 Å². The molecule has 0 spiro atoms. The molecule has 0 saturated carbocycles. The highest BCUT2D eigenvalue weighted by Gasteiger charge is 2.44. The second kappa shape index (κ2) is 12.2. The van der Waals surface area contributed by atoms with E-state index in [1.54, 1.807) is 4.90 Å². The highest BCUT2D eigenvalue weighted by atomic mass is 32.2. The Morgan fingerprint density at radius 2 is 1.84 bits per heavy atom. The van der Waals surface area contributed by atoms with Gasteiger partial charge in [-0.05, 0) is 58.7 Å². The van der Waals surface area contributed by atoms with Crippen LogP contribution in [0.5, 0.6) is 0 Å². The Hall–Kier alpha value is -2.91. The molecule has 15 heteroatoms. The first kappa shape index (κ1) is 33.0. The summed E-state index contributed by atoms with van der Waals surface area (Å²) in [5.41, 5.74) is -1.36. The minimum atomic E-state index is -4.60. The molecule has 0 unspecified atom stereocenters. The normalized spacial score (nSPS) is 16.1. The lowest BCUT2D eigenvalue weighted by molar-refractivity contribution is -0.143. The number of carboxylic acid groups (broad SMARTS) is 1. The molecule has 1 fully saturated rings. The van der Waals surface area contributed by atoms with E-state index in [2.05, 4.69) is 39.5 Å². The molecule has 1 N–H and O–H groups in total. The van der Waals surface area contributed by atoms with E-state index in [9.17, 15) is 23.1 Å². The van der Waals surface area contributed by atoms with Crippen LogP contribution in [0.4, 0.5) is 23.9 Å². The summed E-state index contributed by atoms with van der Waals surface area (Å²) in [6.45, 7) is 16.3. The maximum Gasteiger partial charge on any atom is 0.434 e. The highest BCUT2D eigenvalue weighted by Crippen LogP contribution is 2.39. The molecular formula is C28H40F3N7O3SSi. The maximum absolute atomic E-state index is 13.5. The number of aromatic nitrogens is 5. The molecule has 3 aromatic rings. The molecule has 3 aromatic heterocycles. The van der Waals surface area contributed by atoms with Gasteiger partial charge < -0.3 is 14.7 Å². The summed E-state index contributed by atoms with van der Waals surface area (Å²) in [4.78, 5) is 33.2. The van der Waals surface area contributed by atoms with E-state index in [-0.39, 0.29) is 16.7 Å². The van der Waals surface area contributed by atoms with Crippen molar-refractivity contribution < 1.29 is 27.8 Å². The van der Waals surface area contributed by atoms with E-state index in [0.717, 1.165) is 24.0 Å². The smallest absolute Gasteiger partial charge is 0.434 e. The van der Waals surface area contributed by atoms with Crippen LogP contribution in [-0.4, -0.2) is 79.5 Å². The number of halogens is 3. The molecule has 0 atom stereocenters. The van der Waals surface area contributed by atoms with Crippen LogP contribution in [0.3, 0.4) is 0 Å². The van der Waals surface area contributed by atoms with Crippen molar-refractivity contribution in [1.82, 2.24) is 29.4 Å². The number of nitrogens with zero attached hydrogens (tertiary/aromatic N) is 7. The first-order valence-corrected chi connectivity index (χ1v) is 18.7. The molecule has 236 valence electrons. The van der Waals surface area contributed by atoms with Gasteiger partial charge >= 0.3 is 12.3 Å². The standard InChI is InChI=1S/C28H40F3N7O3SSi/c1-26(2,3)38(25(39)40)27(4)10-13-36(14-11-27)24-35-22-23(37(24)18-41-15-16-43(5,6)7)33-17-20(34-22)42-19-9-8-12-32-21(19)28(29,30)31/h8-9,12,17H,10-11,13-16,18H2,1-7H3,(H,39,40). The molecule has 0 radical (unpaired) electrons. The van der Waals surface area contributed by atoms with Gasteiger partial charge in [0.25, 0.3) is 0 Å². The Bertz CT molecular complexity index is 1450. The Kier molecular flexibility index (Phi) is 9.38. The number of carbonyl (C=O) groups is 1. The van der Waals surface area contributed by atoms with E-state index < -0.39 is 37.1 Å². The lowest BCUT2D eigenvalue weighted by atomic mass is 9.84. The van der Waals surface area contributed by atoms with Gasteiger partial charge in [0.05, 0.1) is 6.20 Å². The van der Waals surface area contributed by atoms with Crippen molar-refractivity contribution in [2.75, 3.05) is 24.6 Å². The number of fused-ring (bicyclic) bond motifs is 1. The van der Waals surface area contributed by atoms with E-state index in [0.29, 0.717) is 49.8 Å². The number of amides is 1. The Morgan fingerprint density at radius 1 is 1.16 bits per heavy atom. The molecule has 43 heavy (non-hydrogen) atoms. The fourth-order valence-electron chi connectivity index (χ4n) is 5.35. The van der Waals surface area contributed by atoms with Crippen LogP contribution in [0.1, 0.15) is 46.2 Å². The summed E-state index contributed by atoms with van der Waals surface area (Å²) in [7, 11) is -1.32. The topological polar surface area (TPSA) is 110 Å². The van der Waals surface area contributed by atoms with Crippen LogP contribution in [0, 0.1) is 0 Å². The summed E-state index contributed by atoms with van der Waals surface area (Å²) in [5.74, 6) is 0.585. The van der Waals surface area contributed by atoms with Crippen LogP contribution in [0.25, 0.3) is 11.3 Å². The minimum absolute atomic E-state index is 0.0739. The number of imidazole rings is 1. The van der Waals surface area contributed by atoms with Crippen LogP contribution >= 0.6 is 11.8 Å². The molecule has 1 saturated heterocycles. The van der Waals surface area contributed by atoms with Gasteiger partial charge in [-0.25, -0.2) is 14.8 Å². The van der Waals surface area contributed by atoms with Gasteiger partial charge in [0.1, 0.15) is 11.8 Å². The van der Waals surface area contributed by atoms with Crippen molar-refractivity contribution in [2.24, 2.45) is 0 Å². The Balaban J connectivity index is 1.64. The minimum Gasteiger partial charge on any atom is -0.465 e. The fraction of sp³-hybridized carbons (Fsp3) is 0.607. The zero-order valence-corrected chi connectivity index (χ0v) is 27.5. The number of hydrogen-bond acceptors (Lipinski definition) is 8. The van der Waals surface area contributed by atoms with Crippen LogP contribution < -0.4 is 4.90 Å². The monoisotopic (exact) mass is 639 g/mol. The predicted octanol–water partition coefficient (Wildman–Crippen LogP) is 6.84. The average molecular weight is 640 g/mol. The number of alkyl halides is 3.